The Kier molecular flexibility index (Phi) is 9.16. The molecule has 12 heteroatoms. The summed E-state index contributed by atoms with van der Waals surface area (Å²) < 4.78 is 23.5. The van der Waals surface area contributed by atoms with Crippen LogP contribution >= 0.6 is 11.5 Å². The first-order valence-corrected chi connectivity index (χ1v) is 11.9. The van der Waals surface area contributed by atoms with Gasteiger partial charge >= 0.3 is 6.03 Å². The van der Waals surface area contributed by atoms with Crippen molar-refractivity contribution in [3.05, 3.63) is 40.7 Å². The SMILES string of the molecule is CNC(=O)c1cc(COc2nsc(NC(=O)NCCCCN3CCCC3)c2C(N)=O)ccc1F. The molecule has 3 rings (SSSR count). The molecule has 10 nitrogen and oxygen atoms in total. The molecule has 0 atom stereocenters. The molecule has 184 valence electrons. The van der Waals surface area contributed by atoms with Crippen molar-refractivity contribution in [2.24, 2.45) is 5.73 Å². The number of carbonyl (C=O) groups is 3. The highest BCUT2D eigenvalue weighted by molar-refractivity contribution is 7.11. The zero-order chi connectivity index (χ0) is 24.5. The predicted molar refractivity (Wildman–Crippen MR) is 127 cm³/mol. The third kappa shape index (κ3) is 6.87. The van der Waals surface area contributed by atoms with Crippen LogP contribution < -0.4 is 26.4 Å². The molecule has 5 N–H and O–H groups in total. The van der Waals surface area contributed by atoms with Crippen molar-refractivity contribution in [1.29, 1.82) is 0 Å². The number of rotatable bonds is 11. The number of unbranched alkanes of at least 4 members (excludes halogenated alkanes) is 1. The van der Waals surface area contributed by atoms with Gasteiger partial charge in [-0.05, 0) is 74.5 Å². The lowest BCUT2D eigenvalue weighted by Crippen LogP contribution is -2.30. The van der Waals surface area contributed by atoms with Gasteiger partial charge < -0.3 is 26.0 Å². The van der Waals surface area contributed by atoms with Crippen LogP contribution in [0.3, 0.4) is 0 Å². The average Bonchev–Trinajstić information content (AvgIpc) is 3.47. The van der Waals surface area contributed by atoms with Gasteiger partial charge in [-0.2, -0.15) is 4.37 Å². The van der Waals surface area contributed by atoms with E-state index in [4.69, 9.17) is 10.5 Å². The molecule has 0 aliphatic carbocycles. The van der Waals surface area contributed by atoms with Crippen molar-refractivity contribution >= 4 is 34.4 Å². The van der Waals surface area contributed by atoms with Crippen LogP contribution in [0.1, 0.15) is 52.0 Å². The fraction of sp³-hybridized carbons (Fsp3) is 0.455. The van der Waals surface area contributed by atoms with E-state index in [0.29, 0.717) is 12.1 Å². The van der Waals surface area contributed by atoms with Gasteiger partial charge in [0, 0.05) is 13.6 Å². The maximum absolute atomic E-state index is 13.8. The molecule has 0 radical (unpaired) electrons. The summed E-state index contributed by atoms with van der Waals surface area (Å²) in [7, 11) is 1.40. The first kappa shape index (κ1) is 25.4. The lowest BCUT2D eigenvalue weighted by atomic mass is 10.1. The number of urea groups is 1. The first-order valence-electron chi connectivity index (χ1n) is 11.1. The highest BCUT2D eigenvalue weighted by atomic mass is 32.1. The standard InChI is InChI=1S/C22H29FN6O4S/c1-25-19(31)15-12-14(6-7-16(15)23)13-33-20-17(18(24)30)21(34-28-20)27-22(32)26-8-2-3-9-29-10-4-5-11-29/h6-7,12H,2-5,8-11,13H2,1H3,(H2,24,30)(H,25,31)(H2,26,27,32). The number of halogens is 1. The third-order valence-corrected chi connectivity index (χ3v) is 6.14. The molecule has 0 bridgehead atoms. The van der Waals surface area contributed by atoms with E-state index in [9.17, 15) is 18.8 Å². The number of anilines is 1. The van der Waals surface area contributed by atoms with Crippen molar-refractivity contribution in [1.82, 2.24) is 19.9 Å². The van der Waals surface area contributed by atoms with Gasteiger partial charge in [0.2, 0.25) is 5.88 Å². The van der Waals surface area contributed by atoms with Crippen LogP contribution in [0.2, 0.25) is 0 Å². The number of nitrogens with two attached hydrogens (primary N) is 1. The summed E-state index contributed by atoms with van der Waals surface area (Å²) in [6.07, 6.45) is 4.35. The van der Waals surface area contributed by atoms with Crippen molar-refractivity contribution in [3.8, 4) is 5.88 Å². The Morgan fingerprint density at radius 3 is 2.71 bits per heavy atom. The second-order valence-corrected chi connectivity index (χ2v) is 8.65. The molecule has 1 fully saturated rings. The van der Waals surface area contributed by atoms with Crippen molar-refractivity contribution in [2.75, 3.05) is 38.5 Å². The number of aromatic nitrogens is 1. The molecular formula is C22H29FN6O4S. The van der Waals surface area contributed by atoms with Crippen LogP contribution in [-0.4, -0.2) is 60.3 Å². The van der Waals surface area contributed by atoms with Gasteiger partial charge in [-0.15, -0.1) is 0 Å². The van der Waals surface area contributed by atoms with E-state index in [1.165, 1.54) is 32.0 Å². The summed E-state index contributed by atoms with van der Waals surface area (Å²) in [5.41, 5.74) is 5.78. The lowest BCUT2D eigenvalue weighted by Gasteiger charge is -2.14. The summed E-state index contributed by atoms with van der Waals surface area (Å²) in [5, 5.41) is 7.89. The van der Waals surface area contributed by atoms with Crippen LogP contribution in [0.5, 0.6) is 5.88 Å². The second kappa shape index (κ2) is 12.3. The minimum absolute atomic E-state index is 0.0516. The zero-order valence-electron chi connectivity index (χ0n) is 19.0. The molecule has 1 saturated heterocycles. The van der Waals surface area contributed by atoms with Gasteiger partial charge in [-0.25, -0.2) is 9.18 Å². The number of benzene rings is 1. The highest BCUT2D eigenvalue weighted by Gasteiger charge is 2.22. The Labute approximate surface area is 201 Å². The van der Waals surface area contributed by atoms with Gasteiger partial charge in [0.05, 0.1) is 5.56 Å². The average molecular weight is 493 g/mol. The molecule has 1 aliphatic rings. The monoisotopic (exact) mass is 492 g/mol. The summed E-state index contributed by atoms with van der Waals surface area (Å²) in [5.74, 6) is -2.10. The van der Waals surface area contributed by atoms with Crippen LogP contribution in [-0.2, 0) is 6.61 Å². The maximum Gasteiger partial charge on any atom is 0.319 e. The van der Waals surface area contributed by atoms with Gasteiger partial charge in [-0.3, -0.25) is 14.9 Å². The van der Waals surface area contributed by atoms with Gasteiger partial charge in [0.25, 0.3) is 11.8 Å². The number of carbonyl (C=O) groups excluding carboxylic acids is 3. The van der Waals surface area contributed by atoms with E-state index in [1.54, 1.807) is 0 Å². The topological polar surface area (TPSA) is 139 Å². The molecule has 4 amide bonds. The lowest BCUT2D eigenvalue weighted by molar-refractivity contribution is 0.0957. The van der Waals surface area contributed by atoms with E-state index in [1.807, 2.05) is 0 Å². The number of nitrogens with zero attached hydrogens (tertiary/aromatic N) is 2. The molecule has 2 aromatic rings. The molecular weight excluding hydrogens is 463 g/mol. The van der Waals surface area contributed by atoms with Crippen LogP contribution in [0, 0.1) is 5.82 Å². The zero-order valence-corrected chi connectivity index (χ0v) is 19.8. The second-order valence-electron chi connectivity index (χ2n) is 7.87. The van der Waals surface area contributed by atoms with Crippen molar-refractivity contribution < 1.29 is 23.5 Å². The minimum atomic E-state index is -0.810. The first-order chi connectivity index (χ1) is 16.4. The Morgan fingerprint density at radius 1 is 1.24 bits per heavy atom. The van der Waals surface area contributed by atoms with Crippen LogP contribution in [0.25, 0.3) is 0 Å². The number of likely N-dealkylation sites (tertiary alicyclic amines) is 1. The van der Waals surface area contributed by atoms with Crippen LogP contribution in [0.4, 0.5) is 14.2 Å². The molecule has 0 spiro atoms. The van der Waals surface area contributed by atoms with E-state index in [0.717, 1.165) is 50.1 Å². The Morgan fingerprint density at radius 2 is 2.00 bits per heavy atom. The van der Waals surface area contributed by atoms with Gasteiger partial charge in [0.15, 0.2) is 0 Å². The number of hydrogen-bond acceptors (Lipinski definition) is 7. The van der Waals surface area contributed by atoms with E-state index in [-0.39, 0.29) is 28.6 Å². The smallest absolute Gasteiger partial charge is 0.319 e. The maximum atomic E-state index is 13.8. The van der Waals surface area contributed by atoms with Gasteiger partial charge in [0.1, 0.15) is 23.0 Å². The quantitative estimate of drug-likeness (QED) is 0.355. The number of hydrogen-bond donors (Lipinski definition) is 4. The van der Waals surface area contributed by atoms with Gasteiger partial charge in [-0.1, -0.05) is 6.07 Å². The molecule has 34 heavy (non-hydrogen) atoms. The normalized spacial score (nSPS) is 13.5. The fourth-order valence-electron chi connectivity index (χ4n) is 3.62. The number of ether oxygens (including phenoxy) is 1. The molecule has 0 unspecified atom stereocenters. The number of nitrogens with one attached hydrogen (secondary N) is 3. The molecule has 2 heterocycles. The summed E-state index contributed by atoms with van der Waals surface area (Å²) in [6.45, 7) is 3.75. The molecule has 1 aromatic carbocycles. The summed E-state index contributed by atoms with van der Waals surface area (Å²) >= 11 is 0.864. The van der Waals surface area contributed by atoms with E-state index < -0.39 is 23.7 Å². The van der Waals surface area contributed by atoms with E-state index >= 15 is 0 Å². The molecule has 0 saturated carbocycles. The Hall–Kier alpha value is -3.25. The Balaban J connectivity index is 1.53. The number of amides is 4. The molecule has 1 aliphatic heterocycles. The number of primary amides is 1. The Bertz CT molecular complexity index is 1020. The molecule has 1 aromatic heterocycles. The van der Waals surface area contributed by atoms with Crippen LogP contribution in [0.15, 0.2) is 18.2 Å². The summed E-state index contributed by atoms with van der Waals surface area (Å²) in [6, 6.07) is 3.49. The van der Waals surface area contributed by atoms with E-state index in [2.05, 4.69) is 25.2 Å². The minimum Gasteiger partial charge on any atom is -0.472 e. The van der Waals surface area contributed by atoms with Crippen molar-refractivity contribution in [3.63, 3.8) is 0 Å². The fourth-order valence-corrected chi connectivity index (χ4v) is 4.35. The summed E-state index contributed by atoms with van der Waals surface area (Å²) in [4.78, 5) is 38.4. The van der Waals surface area contributed by atoms with Crippen molar-refractivity contribution in [2.45, 2.75) is 32.3 Å². The highest BCUT2D eigenvalue weighted by Crippen LogP contribution is 2.30. The predicted octanol–water partition coefficient (Wildman–Crippen LogP) is 2.32. The largest absolute Gasteiger partial charge is 0.472 e. The third-order valence-electron chi connectivity index (χ3n) is 5.40.